The fourth-order valence-electron chi connectivity index (χ4n) is 2.82. The average Bonchev–Trinajstić information content (AvgIpc) is 2.36. The lowest BCUT2D eigenvalue weighted by Gasteiger charge is -2.46. The van der Waals surface area contributed by atoms with Crippen molar-refractivity contribution in [2.75, 3.05) is 7.05 Å². The van der Waals surface area contributed by atoms with Crippen molar-refractivity contribution in [3.8, 4) is 0 Å². The van der Waals surface area contributed by atoms with Crippen molar-refractivity contribution in [3.63, 3.8) is 0 Å². The van der Waals surface area contributed by atoms with Gasteiger partial charge >= 0.3 is 5.97 Å². The van der Waals surface area contributed by atoms with E-state index in [1.165, 1.54) is 4.90 Å². The Kier molecular flexibility index (Phi) is 3.83. The molecular weight excluding hydrogens is 266 g/mol. The van der Waals surface area contributed by atoms with Crippen LogP contribution in [0.15, 0.2) is 24.3 Å². The van der Waals surface area contributed by atoms with Gasteiger partial charge in [-0.3, -0.25) is 4.79 Å². The molecule has 4 nitrogen and oxygen atoms in total. The van der Waals surface area contributed by atoms with Crippen molar-refractivity contribution in [2.24, 2.45) is 0 Å². The van der Waals surface area contributed by atoms with E-state index in [0.29, 0.717) is 0 Å². The summed E-state index contributed by atoms with van der Waals surface area (Å²) in [4.78, 5) is 25.8. The summed E-state index contributed by atoms with van der Waals surface area (Å²) >= 11 is 0. The lowest BCUT2D eigenvalue weighted by Crippen LogP contribution is -2.58. The van der Waals surface area contributed by atoms with Crippen LogP contribution in [0.4, 0.5) is 0 Å². The van der Waals surface area contributed by atoms with E-state index in [1.54, 1.807) is 20.9 Å². The number of rotatable bonds is 4. The van der Waals surface area contributed by atoms with Crippen molar-refractivity contribution in [3.05, 3.63) is 35.4 Å². The maximum atomic E-state index is 13.0. The summed E-state index contributed by atoms with van der Waals surface area (Å²) in [5, 5.41) is 9.34. The highest BCUT2D eigenvalue weighted by molar-refractivity contribution is 5.93. The monoisotopic (exact) mass is 289 g/mol. The van der Waals surface area contributed by atoms with Crippen molar-refractivity contribution in [2.45, 2.75) is 51.0 Å². The molecule has 1 aliphatic rings. The minimum Gasteiger partial charge on any atom is -0.480 e. The number of carbonyl (C=O) groups is 2. The van der Waals surface area contributed by atoms with E-state index in [-0.39, 0.29) is 5.91 Å². The second-order valence-electron chi connectivity index (χ2n) is 6.53. The number of amides is 1. The van der Waals surface area contributed by atoms with Gasteiger partial charge in [-0.1, -0.05) is 36.2 Å². The quantitative estimate of drug-likeness (QED) is 0.927. The van der Waals surface area contributed by atoms with Crippen LogP contribution in [0.1, 0.15) is 44.2 Å². The zero-order chi connectivity index (χ0) is 15.8. The third kappa shape index (κ3) is 2.43. The number of hydrogen-bond acceptors (Lipinski definition) is 2. The summed E-state index contributed by atoms with van der Waals surface area (Å²) in [6.45, 7) is 5.14. The number of likely N-dealkylation sites (N-methyl/N-ethyl adjacent to an activating group) is 1. The van der Waals surface area contributed by atoms with E-state index in [4.69, 9.17) is 0 Å². The van der Waals surface area contributed by atoms with Crippen LogP contribution in [0.2, 0.25) is 0 Å². The van der Waals surface area contributed by atoms with Gasteiger partial charge in [0.25, 0.3) is 0 Å². The molecule has 1 aromatic carbocycles. The number of hydrogen-bond donors (Lipinski definition) is 1. The normalized spacial score (nSPS) is 17.0. The SMILES string of the molecule is Cc1cccc(C2(C(=O)N(C)C(C)(C)C(=O)O)CCC2)c1. The Balaban J connectivity index is 2.37. The van der Waals surface area contributed by atoms with Crippen LogP contribution < -0.4 is 0 Å². The third-order valence-corrected chi connectivity index (χ3v) is 4.85. The maximum absolute atomic E-state index is 13.0. The van der Waals surface area contributed by atoms with E-state index in [9.17, 15) is 14.7 Å². The molecule has 1 saturated carbocycles. The van der Waals surface area contributed by atoms with Crippen LogP contribution >= 0.6 is 0 Å². The molecule has 0 heterocycles. The highest BCUT2D eigenvalue weighted by Gasteiger charge is 2.50. The Hall–Kier alpha value is -1.84. The molecule has 1 aromatic rings. The first-order valence-electron chi connectivity index (χ1n) is 7.30. The van der Waals surface area contributed by atoms with E-state index in [0.717, 1.165) is 30.4 Å². The highest BCUT2D eigenvalue weighted by atomic mass is 16.4. The van der Waals surface area contributed by atoms with Gasteiger partial charge in [0.05, 0.1) is 5.41 Å². The van der Waals surface area contributed by atoms with Gasteiger partial charge in [-0.2, -0.15) is 0 Å². The average molecular weight is 289 g/mol. The Morgan fingerprint density at radius 3 is 2.33 bits per heavy atom. The first-order valence-corrected chi connectivity index (χ1v) is 7.30. The van der Waals surface area contributed by atoms with Crippen LogP contribution in [0.3, 0.4) is 0 Å². The van der Waals surface area contributed by atoms with Gasteiger partial charge in [0, 0.05) is 7.05 Å². The van der Waals surface area contributed by atoms with Crippen molar-refractivity contribution in [1.82, 2.24) is 4.90 Å². The minimum absolute atomic E-state index is 0.0910. The van der Waals surface area contributed by atoms with Crippen LogP contribution in [-0.2, 0) is 15.0 Å². The summed E-state index contributed by atoms with van der Waals surface area (Å²) in [5.74, 6) is -1.08. The fourth-order valence-corrected chi connectivity index (χ4v) is 2.82. The lowest BCUT2D eigenvalue weighted by molar-refractivity contribution is -0.159. The molecular formula is C17H23NO3. The van der Waals surface area contributed by atoms with E-state index in [2.05, 4.69) is 0 Å². The molecule has 0 atom stereocenters. The second kappa shape index (κ2) is 5.17. The summed E-state index contributed by atoms with van der Waals surface area (Å²) in [6, 6.07) is 7.98. The molecule has 0 radical (unpaired) electrons. The van der Waals surface area contributed by atoms with Crippen LogP contribution in [0.25, 0.3) is 0 Å². The zero-order valence-electron chi connectivity index (χ0n) is 13.1. The molecule has 1 fully saturated rings. The number of benzene rings is 1. The fraction of sp³-hybridized carbons (Fsp3) is 0.529. The van der Waals surface area contributed by atoms with Crippen molar-refractivity contribution >= 4 is 11.9 Å². The van der Waals surface area contributed by atoms with Gasteiger partial charge < -0.3 is 10.0 Å². The maximum Gasteiger partial charge on any atom is 0.329 e. The van der Waals surface area contributed by atoms with E-state index in [1.807, 2.05) is 31.2 Å². The molecule has 0 aliphatic heterocycles. The standard InChI is InChI=1S/C17H23NO3/c1-12-7-5-8-13(11-12)17(9-6-10-17)14(19)18(4)16(2,3)15(20)21/h5,7-8,11H,6,9-10H2,1-4H3,(H,20,21). The van der Waals surface area contributed by atoms with Crippen molar-refractivity contribution in [1.29, 1.82) is 0 Å². The highest BCUT2D eigenvalue weighted by Crippen LogP contribution is 2.46. The Bertz CT molecular complexity index is 573. The van der Waals surface area contributed by atoms with Gasteiger partial charge in [0.1, 0.15) is 5.54 Å². The Morgan fingerprint density at radius 2 is 1.90 bits per heavy atom. The molecule has 1 aliphatic carbocycles. The first-order chi connectivity index (χ1) is 9.71. The predicted molar refractivity (Wildman–Crippen MR) is 81.2 cm³/mol. The minimum atomic E-state index is -1.20. The first kappa shape index (κ1) is 15.5. The summed E-state index contributed by atoms with van der Waals surface area (Å²) in [6.07, 6.45) is 2.58. The Labute approximate surface area is 125 Å². The molecule has 0 unspecified atom stereocenters. The number of carbonyl (C=O) groups excluding carboxylic acids is 1. The third-order valence-electron chi connectivity index (χ3n) is 4.85. The molecule has 0 spiro atoms. The number of nitrogens with zero attached hydrogens (tertiary/aromatic N) is 1. The van der Waals surface area contributed by atoms with E-state index < -0.39 is 16.9 Å². The van der Waals surface area contributed by atoms with Crippen LogP contribution in [-0.4, -0.2) is 34.5 Å². The second-order valence-corrected chi connectivity index (χ2v) is 6.53. The molecule has 21 heavy (non-hydrogen) atoms. The largest absolute Gasteiger partial charge is 0.480 e. The molecule has 1 N–H and O–H groups in total. The number of aryl methyl sites for hydroxylation is 1. The molecule has 0 bridgehead atoms. The molecule has 1 amide bonds. The predicted octanol–water partition coefficient (Wildman–Crippen LogP) is 2.74. The van der Waals surface area contributed by atoms with Crippen molar-refractivity contribution < 1.29 is 14.7 Å². The van der Waals surface area contributed by atoms with Gasteiger partial charge in [0.2, 0.25) is 5.91 Å². The lowest BCUT2D eigenvalue weighted by atomic mass is 9.63. The molecule has 2 rings (SSSR count). The zero-order valence-corrected chi connectivity index (χ0v) is 13.1. The van der Waals surface area contributed by atoms with Crippen LogP contribution in [0.5, 0.6) is 0 Å². The summed E-state index contributed by atoms with van der Waals surface area (Å²) < 4.78 is 0. The number of aliphatic carboxylic acids is 1. The van der Waals surface area contributed by atoms with Gasteiger partial charge in [0.15, 0.2) is 0 Å². The smallest absolute Gasteiger partial charge is 0.329 e. The van der Waals surface area contributed by atoms with Crippen LogP contribution in [0, 0.1) is 6.92 Å². The molecule has 4 heteroatoms. The summed E-state index contributed by atoms with van der Waals surface area (Å²) in [7, 11) is 1.59. The summed E-state index contributed by atoms with van der Waals surface area (Å²) in [5.41, 5.74) is 0.371. The van der Waals surface area contributed by atoms with Gasteiger partial charge in [-0.25, -0.2) is 4.79 Å². The van der Waals surface area contributed by atoms with Gasteiger partial charge in [-0.15, -0.1) is 0 Å². The molecule has 0 saturated heterocycles. The molecule has 114 valence electrons. The Morgan fingerprint density at radius 1 is 1.29 bits per heavy atom. The number of carboxylic acids is 1. The number of carboxylic acid groups (broad SMARTS) is 1. The van der Waals surface area contributed by atoms with Gasteiger partial charge in [-0.05, 0) is 39.2 Å². The topological polar surface area (TPSA) is 57.6 Å². The molecule has 0 aromatic heterocycles. The van der Waals surface area contributed by atoms with E-state index >= 15 is 0 Å².